The number of carbonyl (C=O) groups is 2. The molecule has 2 amide bonds. The van der Waals surface area contributed by atoms with Gasteiger partial charge in [0, 0.05) is 26.2 Å². The van der Waals surface area contributed by atoms with Crippen LogP contribution in [0.5, 0.6) is 0 Å². The third-order valence-corrected chi connectivity index (χ3v) is 3.15. The molecule has 104 valence electrons. The second kappa shape index (κ2) is 7.20. The van der Waals surface area contributed by atoms with E-state index in [1.807, 2.05) is 13.8 Å². The minimum Gasteiger partial charge on any atom is -0.480 e. The molecule has 1 atom stereocenters. The lowest BCUT2D eigenvalue weighted by molar-refractivity contribution is -0.141. The molecule has 1 rings (SSSR count). The van der Waals surface area contributed by atoms with Gasteiger partial charge in [0.05, 0.1) is 6.61 Å². The van der Waals surface area contributed by atoms with Crippen molar-refractivity contribution < 1.29 is 19.4 Å². The van der Waals surface area contributed by atoms with Crippen molar-refractivity contribution in [3.8, 4) is 0 Å². The highest BCUT2D eigenvalue weighted by atomic mass is 16.5. The summed E-state index contributed by atoms with van der Waals surface area (Å²) in [4.78, 5) is 26.4. The first kappa shape index (κ1) is 14.8. The van der Waals surface area contributed by atoms with E-state index in [1.165, 1.54) is 4.90 Å². The van der Waals surface area contributed by atoms with Gasteiger partial charge in [-0.25, -0.2) is 9.59 Å². The Balaban J connectivity index is 2.57. The summed E-state index contributed by atoms with van der Waals surface area (Å²) >= 11 is 0. The van der Waals surface area contributed by atoms with Gasteiger partial charge in [-0.3, -0.25) is 0 Å². The minimum absolute atomic E-state index is 0.192. The first-order chi connectivity index (χ1) is 8.61. The van der Waals surface area contributed by atoms with Gasteiger partial charge in [-0.1, -0.05) is 0 Å². The number of urea groups is 1. The maximum atomic E-state index is 12.2. The lowest BCUT2D eigenvalue weighted by atomic mass is 10.2. The normalized spacial score (nSPS) is 19.0. The van der Waals surface area contributed by atoms with Crippen LogP contribution >= 0.6 is 0 Å². The Morgan fingerprint density at radius 1 is 1.44 bits per heavy atom. The Hall–Kier alpha value is -1.30. The van der Waals surface area contributed by atoms with Gasteiger partial charge < -0.3 is 19.6 Å². The number of nitrogens with zero attached hydrogens (tertiary/aromatic N) is 2. The zero-order valence-corrected chi connectivity index (χ0v) is 11.1. The first-order valence-corrected chi connectivity index (χ1v) is 6.47. The average molecular weight is 258 g/mol. The number of amides is 2. The van der Waals surface area contributed by atoms with Gasteiger partial charge in [-0.15, -0.1) is 0 Å². The van der Waals surface area contributed by atoms with Crippen molar-refractivity contribution in [2.45, 2.75) is 32.7 Å². The SMILES string of the molecule is CCOCCN(CC)C(=O)N1CCC[C@@H]1C(=O)O. The zero-order chi connectivity index (χ0) is 13.5. The van der Waals surface area contributed by atoms with Crippen LogP contribution in [0.15, 0.2) is 0 Å². The molecule has 0 bridgehead atoms. The molecule has 1 heterocycles. The number of rotatable bonds is 6. The molecule has 0 aliphatic carbocycles. The summed E-state index contributed by atoms with van der Waals surface area (Å²) < 4.78 is 5.22. The first-order valence-electron chi connectivity index (χ1n) is 6.47. The van der Waals surface area contributed by atoms with Gasteiger partial charge in [0.1, 0.15) is 6.04 Å². The highest BCUT2D eigenvalue weighted by Crippen LogP contribution is 2.19. The molecule has 0 saturated carbocycles. The number of carboxylic acids is 1. The Kier molecular flexibility index (Phi) is 5.91. The molecule has 1 aliphatic heterocycles. The van der Waals surface area contributed by atoms with Gasteiger partial charge in [0.2, 0.25) is 0 Å². The maximum Gasteiger partial charge on any atom is 0.326 e. The van der Waals surface area contributed by atoms with Crippen molar-refractivity contribution in [2.75, 3.05) is 32.8 Å². The Labute approximate surface area is 107 Å². The fraction of sp³-hybridized carbons (Fsp3) is 0.833. The topological polar surface area (TPSA) is 70.1 Å². The van der Waals surface area contributed by atoms with Crippen LogP contribution in [0.3, 0.4) is 0 Å². The number of hydrogen-bond acceptors (Lipinski definition) is 3. The number of carboxylic acid groups (broad SMARTS) is 1. The van der Waals surface area contributed by atoms with E-state index in [0.29, 0.717) is 39.3 Å². The fourth-order valence-electron chi connectivity index (χ4n) is 2.14. The minimum atomic E-state index is -0.915. The fourth-order valence-corrected chi connectivity index (χ4v) is 2.14. The van der Waals surface area contributed by atoms with Crippen LogP contribution in [0.4, 0.5) is 4.79 Å². The highest BCUT2D eigenvalue weighted by molar-refractivity contribution is 5.83. The smallest absolute Gasteiger partial charge is 0.326 e. The van der Waals surface area contributed by atoms with Crippen molar-refractivity contribution in [3.05, 3.63) is 0 Å². The van der Waals surface area contributed by atoms with Crippen LogP contribution < -0.4 is 0 Å². The van der Waals surface area contributed by atoms with Crippen molar-refractivity contribution in [2.24, 2.45) is 0 Å². The predicted octanol–water partition coefficient (Wildman–Crippen LogP) is 1.01. The van der Waals surface area contributed by atoms with Crippen molar-refractivity contribution in [1.29, 1.82) is 0 Å². The van der Waals surface area contributed by atoms with E-state index in [2.05, 4.69) is 0 Å². The average Bonchev–Trinajstić information content (AvgIpc) is 2.83. The summed E-state index contributed by atoms with van der Waals surface area (Å²) in [6.07, 6.45) is 1.30. The van der Waals surface area contributed by atoms with Gasteiger partial charge in [-0.2, -0.15) is 0 Å². The molecule has 0 aromatic carbocycles. The second-order valence-corrected chi connectivity index (χ2v) is 4.25. The Morgan fingerprint density at radius 3 is 2.72 bits per heavy atom. The predicted molar refractivity (Wildman–Crippen MR) is 66.5 cm³/mol. The molecule has 1 N–H and O–H groups in total. The molecular formula is C12H22N2O4. The van der Waals surface area contributed by atoms with Crippen molar-refractivity contribution >= 4 is 12.0 Å². The summed E-state index contributed by atoms with van der Waals surface area (Å²) in [5.41, 5.74) is 0. The highest BCUT2D eigenvalue weighted by Gasteiger charge is 2.35. The van der Waals surface area contributed by atoms with Crippen LogP contribution in [-0.4, -0.2) is 65.8 Å². The number of aliphatic carboxylic acids is 1. The van der Waals surface area contributed by atoms with Crippen LogP contribution in [-0.2, 0) is 9.53 Å². The zero-order valence-electron chi connectivity index (χ0n) is 11.1. The molecule has 1 aliphatic rings. The van der Waals surface area contributed by atoms with Crippen molar-refractivity contribution in [3.63, 3.8) is 0 Å². The molecule has 0 unspecified atom stereocenters. The van der Waals surface area contributed by atoms with Gasteiger partial charge in [-0.05, 0) is 26.7 Å². The molecule has 18 heavy (non-hydrogen) atoms. The monoisotopic (exact) mass is 258 g/mol. The molecule has 6 nitrogen and oxygen atoms in total. The number of likely N-dealkylation sites (N-methyl/N-ethyl adjacent to an activating group) is 1. The molecular weight excluding hydrogens is 236 g/mol. The third-order valence-electron chi connectivity index (χ3n) is 3.15. The molecule has 0 aromatic heterocycles. The number of carbonyl (C=O) groups excluding carboxylic acids is 1. The van der Waals surface area contributed by atoms with E-state index in [1.54, 1.807) is 4.90 Å². The van der Waals surface area contributed by atoms with Gasteiger partial charge in [0.15, 0.2) is 0 Å². The second-order valence-electron chi connectivity index (χ2n) is 4.25. The number of likely N-dealkylation sites (tertiary alicyclic amines) is 1. The quantitative estimate of drug-likeness (QED) is 0.722. The van der Waals surface area contributed by atoms with Crippen LogP contribution in [0.1, 0.15) is 26.7 Å². The van der Waals surface area contributed by atoms with E-state index in [9.17, 15) is 9.59 Å². The van der Waals surface area contributed by atoms with E-state index in [4.69, 9.17) is 9.84 Å². The molecule has 1 fully saturated rings. The summed E-state index contributed by atoms with van der Waals surface area (Å²) in [5, 5.41) is 9.06. The van der Waals surface area contributed by atoms with Gasteiger partial charge in [0.25, 0.3) is 0 Å². The van der Waals surface area contributed by atoms with E-state index < -0.39 is 12.0 Å². The van der Waals surface area contributed by atoms with Crippen LogP contribution in [0.2, 0.25) is 0 Å². The van der Waals surface area contributed by atoms with Crippen molar-refractivity contribution in [1.82, 2.24) is 9.80 Å². The van der Waals surface area contributed by atoms with E-state index in [-0.39, 0.29) is 6.03 Å². The van der Waals surface area contributed by atoms with E-state index in [0.717, 1.165) is 6.42 Å². The molecule has 0 spiro atoms. The van der Waals surface area contributed by atoms with Crippen LogP contribution in [0, 0.1) is 0 Å². The lowest BCUT2D eigenvalue weighted by Gasteiger charge is -2.29. The number of hydrogen-bond donors (Lipinski definition) is 1. The molecule has 6 heteroatoms. The standard InChI is InChI=1S/C12H22N2O4/c1-3-13(8-9-18-4-2)12(17)14-7-5-6-10(14)11(15)16/h10H,3-9H2,1-2H3,(H,15,16)/t10-/m1/s1. The molecule has 0 radical (unpaired) electrons. The molecule has 0 aromatic rings. The largest absolute Gasteiger partial charge is 0.480 e. The van der Waals surface area contributed by atoms with E-state index >= 15 is 0 Å². The lowest BCUT2D eigenvalue weighted by Crippen LogP contribution is -2.48. The Bertz CT molecular complexity index is 296. The third kappa shape index (κ3) is 3.60. The van der Waals surface area contributed by atoms with Gasteiger partial charge >= 0.3 is 12.0 Å². The summed E-state index contributed by atoms with van der Waals surface area (Å²) in [7, 11) is 0. The summed E-state index contributed by atoms with van der Waals surface area (Å²) in [6, 6.07) is -0.860. The Morgan fingerprint density at radius 2 is 2.17 bits per heavy atom. The number of ether oxygens (including phenoxy) is 1. The molecule has 1 saturated heterocycles. The maximum absolute atomic E-state index is 12.2. The summed E-state index contributed by atoms with van der Waals surface area (Å²) in [5.74, 6) is -0.915. The summed E-state index contributed by atoms with van der Waals surface area (Å²) in [6.45, 7) is 6.49. The van der Waals surface area contributed by atoms with Crippen LogP contribution in [0.25, 0.3) is 0 Å².